The minimum Gasteiger partial charge on any atom is -0.508 e. The molecule has 2 nitrogen and oxygen atoms in total. The molecule has 0 radical (unpaired) electrons. The van der Waals surface area contributed by atoms with Gasteiger partial charge in [-0.25, -0.2) is 0 Å². The second-order valence-electron chi connectivity index (χ2n) is 5.19. The van der Waals surface area contributed by atoms with Crippen LogP contribution in [0.4, 0.5) is 5.69 Å². The SMILES string of the molecule is Cc1cccc(N(C)C(C)c2ccc(C)cc2O)c1. The predicted molar refractivity (Wildman–Crippen MR) is 80.8 cm³/mol. The van der Waals surface area contributed by atoms with Gasteiger partial charge in [0.25, 0.3) is 0 Å². The third-order valence-electron chi connectivity index (χ3n) is 3.63. The first-order chi connectivity index (χ1) is 8.99. The maximum absolute atomic E-state index is 10.1. The van der Waals surface area contributed by atoms with Crippen molar-refractivity contribution in [3.63, 3.8) is 0 Å². The predicted octanol–water partition coefficient (Wildman–Crippen LogP) is 4.21. The van der Waals surface area contributed by atoms with E-state index < -0.39 is 0 Å². The number of anilines is 1. The number of hydrogen-bond acceptors (Lipinski definition) is 2. The molecule has 2 rings (SSSR count). The van der Waals surface area contributed by atoms with Crippen LogP contribution in [0.2, 0.25) is 0 Å². The fraction of sp³-hybridized carbons (Fsp3) is 0.294. The highest BCUT2D eigenvalue weighted by Crippen LogP contribution is 2.31. The summed E-state index contributed by atoms with van der Waals surface area (Å²) in [7, 11) is 2.05. The molecule has 2 aromatic carbocycles. The molecule has 0 amide bonds. The first-order valence-electron chi connectivity index (χ1n) is 6.58. The number of hydrogen-bond donors (Lipinski definition) is 1. The van der Waals surface area contributed by atoms with Gasteiger partial charge < -0.3 is 10.0 Å². The van der Waals surface area contributed by atoms with E-state index in [1.165, 1.54) is 5.56 Å². The molecule has 0 spiro atoms. The highest BCUT2D eigenvalue weighted by atomic mass is 16.3. The Hall–Kier alpha value is -1.96. The molecule has 100 valence electrons. The molecule has 1 N–H and O–H groups in total. The molecular formula is C17H21NO. The number of aromatic hydroxyl groups is 1. The molecule has 19 heavy (non-hydrogen) atoms. The second-order valence-corrected chi connectivity index (χ2v) is 5.19. The fourth-order valence-corrected chi connectivity index (χ4v) is 2.29. The van der Waals surface area contributed by atoms with Crippen LogP contribution in [0.25, 0.3) is 0 Å². The number of phenolic OH excluding ortho intramolecular Hbond substituents is 1. The van der Waals surface area contributed by atoms with Crippen molar-refractivity contribution in [3.8, 4) is 5.75 Å². The molecule has 0 heterocycles. The summed E-state index contributed by atoms with van der Waals surface area (Å²) in [5.41, 5.74) is 4.43. The maximum Gasteiger partial charge on any atom is 0.121 e. The van der Waals surface area contributed by atoms with Crippen molar-refractivity contribution in [1.29, 1.82) is 0 Å². The summed E-state index contributed by atoms with van der Waals surface area (Å²) < 4.78 is 0. The van der Waals surface area contributed by atoms with Crippen molar-refractivity contribution in [2.75, 3.05) is 11.9 Å². The topological polar surface area (TPSA) is 23.5 Å². The van der Waals surface area contributed by atoms with Gasteiger partial charge in [0, 0.05) is 18.3 Å². The van der Waals surface area contributed by atoms with Gasteiger partial charge in [0.05, 0.1) is 6.04 Å². The van der Waals surface area contributed by atoms with Gasteiger partial charge in [-0.1, -0.05) is 24.3 Å². The van der Waals surface area contributed by atoms with Crippen molar-refractivity contribution in [3.05, 3.63) is 59.2 Å². The number of aryl methyl sites for hydroxylation is 2. The lowest BCUT2D eigenvalue weighted by Gasteiger charge is -2.28. The van der Waals surface area contributed by atoms with Crippen molar-refractivity contribution in [2.24, 2.45) is 0 Å². The van der Waals surface area contributed by atoms with Gasteiger partial charge in [-0.3, -0.25) is 0 Å². The molecule has 0 bridgehead atoms. The molecule has 1 atom stereocenters. The van der Waals surface area contributed by atoms with E-state index in [0.29, 0.717) is 5.75 Å². The molecule has 0 aliphatic heterocycles. The normalized spacial score (nSPS) is 12.2. The van der Waals surface area contributed by atoms with E-state index in [0.717, 1.165) is 16.8 Å². The Morgan fingerprint density at radius 1 is 1.00 bits per heavy atom. The number of phenols is 1. The summed E-state index contributed by atoms with van der Waals surface area (Å²) >= 11 is 0. The van der Waals surface area contributed by atoms with Crippen LogP contribution in [0.3, 0.4) is 0 Å². The van der Waals surface area contributed by atoms with E-state index in [1.54, 1.807) is 0 Å². The zero-order valence-electron chi connectivity index (χ0n) is 12.0. The van der Waals surface area contributed by atoms with E-state index in [1.807, 2.05) is 25.1 Å². The van der Waals surface area contributed by atoms with Gasteiger partial charge >= 0.3 is 0 Å². The standard InChI is InChI=1S/C17H21NO/c1-12-6-5-7-15(10-12)18(4)14(3)16-9-8-13(2)11-17(16)19/h5-11,14,19H,1-4H3. The summed E-state index contributed by atoms with van der Waals surface area (Å²) in [5, 5.41) is 10.1. The number of benzene rings is 2. The maximum atomic E-state index is 10.1. The van der Waals surface area contributed by atoms with Gasteiger partial charge in [0.2, 0.25) is 0 Å². The molecular weight excluding hydrogens is 234 g/mol. The molecule has 2 heteroatoms. The number of rotatable bonds is 3. The third kappa shape index (κ3) is 2.90. The lowest BCUT2D eigenvalue weighted by atomic mass is 10.0. The van der Waals surface area contributed by atoms with Gasteiger partial charge in [0.1, 0.15) is 5.75 Å². The fourth-order valence-electron chi connectivity index (χ4n) is 2.29. The highest BCUT2D eigenvalue weighted by molar-refractivity contribution is 5.51. The highest BCUT2D eigenvalue weighted by Gasteiger charge is 2.15. The average Bonchev–Trinajstić information content (AvgIpc) is 2.37. The lowest BCUT2D eigenvalue weighted by Crippen LogP contribution is -2.21. The molecule has 0 saturated carbocycles. The lowest BCUT2D eigenvalue weighted by molar-refractivity contribution is 0.462. The van der Waals surface area contributed by atoms with Crippen LogP contribution in [0.1, 0.15) is 29.7 Å². The Bertz CT molecular complexity index is 577. The van der Waals surface area contributed by atoms with Gasteiger partial charge in [-0.2, -0.15) is 0 Å². The van der Waals surface area contributed by atoms with Crippen molar-refractivity contribution < 1.29 is 5.11 Å². The number of nitrogens with zero attached hydrogens (tertiary/aromatic N) is 1. The first kappa shape index (κ1) is 13.5. The van der Waals surface area contributed by atoms with Crippen molar-refractivity contribution >= 4 is 5.69 Å². The summed E-state index contributed by atoms with van der Waals surface area (Å²) in [5.74, 6) is 0.368. The summed E-state index contributed by atoms with van der Waals surface area (Å²) in [6.07, 6.45) is 0. The minimum absolute atomic E-state index is 0.127. The Labute approximate surface area is 115 Å². The summed E-state index contributed by atoms with van der Waals surface area (Å²) in [6, 6.07) is 14.4. The Morgan fingerprint density at radius 3 is 2.32 bits per heavy atom. The summed E-state index contributed by atoms with van der Waals surface area (Å²) in [4.78, 5) is 2.18. The van der Waals surface area contributed by atoms with Gasteiger partial charge in [-0.15, -0.1) is 0 Å². The monoisotopic (exact) mass is 255 g/mol. The van der Waals surface area contributed by atoms with Crippen molar-refractivity contribution in [1.82, 2.24) is 0 Å². The molecule has 0 saturated heterocycles. The minimum atomic E-state index is 0.127. The largest absolute Gasteiger partial charge is 0.508 e. The summed E-state index contributed by atoms with van der Waals surface area (Å²) in [6.45, 7) is 6.18. The van der Waals surface area contributed by atoms with Gasteiger partial charge in [-0.05, 0) is 50.1 Å². The van der Waals surface area contributed by atoms with Crippen LogP contribution in [0.5, 0.6) is 5.75 Å². The Balaban J connectivity index is 2.30. The Morgan fingerprint density at radius 2 is 1.68 bits per heavy atom. The molecule has 0 aliphatic rings. The van der Waals surface area contributed by atoms with Crippen LogP contribution in [0.15, 0.2) is 42.5 Å². The quantitative estimate of drug-likeness (QED) is 0.888. The van der Waals surface area contributed by atoms with Gasteiger partial charge in [0.15, 0.2) is 0 Å². The first-order valence-corrected chi connectivity index (χ1v) is 6.58. The van der Waals surface area contributed by atoms with Crippen LogP contribution in [0, 0.1) is 13.8 Å². The smallest absolute Gasteiger partial charge is 0.121 e. The molecule has 0 aromatic heterocycles. The molecule has 0 fully saturated rings. The molecule has 2 aromatic rings. The van der Waals surface area contributed by atoms with Crippen LogP contribution >= 0.6 is 0 Å². The Kier molecular flexibility index (Phi) is 3.79. The van der Waals surface area contributed by atoms with E-state index in [-0.39, 0.29) is 6.04 Å². The zero-order valence-corrected chi connectivity index (χ0v) is 12.0. The zero-order chi connectivity index (χ0) is 14.0. The van der Waals surface area contributed by atoms with Crippen LogP contribution in [-0.4, -0.2) is 12.2 Å². The van der Waals surface area contributed by atoms with Crippen LogP contribution in [-0.2, 0) is 0 Å². The molecule has 1 unspecified atom stereocenters. The molecule has 0 aliphatic carbocycles. The van der Waals surface area contributed by atoms with E-state index >= 15 is 0 Å². The average molecular weight is 255 g/mol. The van der Waals surface area contributed by atoms with Crippen molar-refractivity contribution in [2.45, 2.75) is 26.8 Å². The van der Waals surface area contributed by atoms with E-state index in [9.17, 15) is 5.11 Å². The third-order valence-corrected chi connectivity index (χ3v) is 3.63. The van der Waals surface area contributed by atoms with Crippen LogP contribution < -0.4 is 4.90 Å². The van der Waals surface area contributed by atoms with E-state index in [2.05, 4.69) is 50.1 Å². The van der Waals surface area contributed by atoms with E-state index in [4.69, 9.17) is 0 Å². The second kappa shape index (κ2) is 5.35.